The highest BCUT2D eigenvalue weighted by molar-refractivity contribution is 7.10. The summed E-state index contributed by atoms with van der Waals surface area (Å²) in [5.41, 5.74) is 2.85. The van der Waals surface area contributed by atoms with Gasteiger partial charge in [0.25, 0.3) is 5.91 Å². The van der Waals surface area contributed by atoms with Gasteiger partial charge in [0.2, 0.25) is 0 Å². The van der Waals surface area contributed by atoms with E-state index < -0.39 is 0 Å². The average molecular weight is 369 g/mol. The van der Waals surface area contributed by atoms with Crippen molar-refractivity contribution in [3.05, 3.63) is 57.5 Å². The van der Waals surface area contributed by atoms with E-state index in [0.29, 0.717) is 12.3 Å². The fourth-order valence-corrected chi connectivity index (χ4v) is 4.63. The number of hydrogen-bond donors (Lipinski definition) is 1. The van der Waals surface area contributed by atoms with E-state index in [1.807, 2.05) is 26.0 Å². The molecular weight excluding hydrogens is 344 g/mol. The predicted octanol–water partition coefficient (Wildman–Crippen LogP) is 4.68. The molecule has 1 amide bonds. The number of likely N-dealkylation sites (tertiary alicyclic amines) is 1. The Morgan fingerprint density at radius 2 is 2.08 bits per heavy atom. The number of hydrogen-bond acceptors (Lipinski definition) is 4. The molecule has 136 valence electrons. The quantitative estimate of drug-likeness (QED) is 0.711. The molecule has 5 heteroatoms. The van der Waals surface area contributed by atoms with Gasteiger partial charge in [-0.1, -0.05) is 17.7 Å². The Kier molecular flexibility index (Phi) is 4.83. The zero-order chi connectivity index (χ0) is 18.1. The van der Waals surface area contributed by atoms with Gasteiger partial charge in [-0.25, -0.2) is 0 Å². The fraction of sp³-hybridized carbons (Fsp3) is 0.381. The van der Waals surface area contributed by atoms with Crippen LogP contribution < -0.4 is 5.32 Å². The van der Waals surface area contributed by atoms with Crippen LogP contribution in [0, 0.1) is 13.8 Å². The van der Waals surface area contributed by atoms with Crippen LogP contribution in [0.2, 0.25) is 0 Å². The number of carbonyl (C=O) groups excluding carboxylic acids is 1. The first kappa shape index (κ1) is 17.3. The van der Waals surface area contributed by atoms with Crippen LogP contribution in [0.25, 0.3) is 11.0 Å². The van der Waals surface area contributed by atoms with Gasteiger partial charge in [-0.3, -0.25) is 9.69 Å². The molecule has 1 aliphatic heterocycles. The first-order chi connectivity index (χ1) is 12.6. The Hall–Kier alpha value is -2.11. The van der Waals surface area contributed by atoms with Gasteiger partial charge in [-0.2, -0.15) is 0 Å². The molecule has 0 unspecified atom stereocenters. The number of amides is 1. The van der Waals surface area contributed by atoms with Crippen LogP contribution in [0.3, 0.4) is 0 Å². The number of benzene rings is 1. The molecule has 4 rings (SSSR count). The number of furan rings is 1. The summed E-state index contributed by atoms with van der Waals surface area (Å²) >= 11 is 1.76. The lowest BCUT2D eigenvalue weighted by atomic mass is 10.1. The molecule has 0 bridgehead atoms. The first-order valence-corrected chi connectivity index (χ1v) is 10.1. The molecule has 1 aliphatic rings. The second kappa shape index (κ2) is 7.25. The van der Waals surface area contributed by atoms with Crippen LogP contribution in [0.1, 0.15) is 45.4 Å². The highest BCUT2D eigenvalue weighted by atomic mass is 32.1. The molecule has 1 saturated heterocycles. The molecular formula is C21H24N2O2S. The Morgan fingerprint density at radius 1 is 1.27 bits per heavy atom. The first-order valence-electron chi connectivity index (χ1n) is 9.19. The summed E-state index contributed by atoms with van der Waals surface area (Å²) in [5, 5.41) is 6.23. The summed E-state index contributed by atoms with van der Waals surface area (Å²) in [5.74, 6) is 0.300. The van der Waals surface area contributed by atoms with Crippen LogP contribution in [0.15, 0.2) is 40.1 Å². The molecule has 0 saturated carbocycles. The van der Waals surface area contributed by atoms with E-state index in [1.54, 1.807) is 11.3 Å². The summed E-state index contributed by atoms with van der Waals surface area (Å²) in [4.78, 5) is 16.6. The van der Waals surface area contributed by atoms with Crippen molar-refractivity contribution in [3.8, 4) is 0 Å². The Balaban J connectivity index is 1.53. The molecule has 3 heterocycles. The molecule has 0 spiro atoms. The zero-order valence-electron chi connectivity index (χ0n) is 15.2. The zero-order valence-corrected chi connectivity index (χ0v) is 16.1. The maximum absolute atomic E-state index is 12.8. The van der Waals surface area contributed by atoms with Crippen LogP contribution in [0.4, 0.5) is 0 Å². The predicted molar refractivity (Wildman–Crippen MR) is 106 cm³/mol. The van der Waals surface area contributed by atoms with Crippen LogP contribution >= 0.6 is 11.3 Å². The number of aryl methyl sites for hydroxylation is 2. The summed E-state index contributed by atoms with van der Waals surface area (Å²) in [6.07, 6.45) is 2.47. The smallest absolute Gasteiger partial charge is 0.287 e. The van der Waals surface area contributed by atoms with Gasteiger partial charge in [0.1, 0.15) is 5.58 Å². The standard InChI is InChI=1S/C21H24N2O2S/c1-14-7-8-18-16(12-14)15(2)20(25-18)21(24)22-13-17(19-6-5-11-26-19)23-9-3-4-10-23/h5-8,11-12,17H,3-4,9-10,13H2,1-2H3,(H,22,24)/t17-/m1/s1. The maximum atomic E-state index is 12.8. The highest BCUT2D eigenvalue weighted by Gasteiger charge is 2.26. The van der Waals surface area contributed by atoms with Gasteiger partial charge in [0.15, 0.2) is 5.76 Å². The number of nitrogens with one attached hydrogen (secondary N) is 1. The van der Waals surface area contributed by atoms with Crippen molar-refractivity contribution in [2.24, 2.45) is 0 Å². The van der Waals surface area contributed by atoms with Crippen molar-refractivity contribution in [1.29, 1.82) is 0 Å². The number of carbonyl (C=O) groups is 1. The van der Waals surface area contributed by atoms with Gasteiger partial charge in [-0.15, -0.1) is 11.3 Å². The number of nitrogens with zero attached hydrogens (tertiary/aromatic N) is 1. The van der Waals surface area contributed by atoms with E-state index in [0.717, 1.165) is 29.6 Å². The van der Waals surface area contributed by atoms with E-state index in [4.69, 9.17) is 4.42 Å². The van der Waals surface area contributed by atoms with Gasteiger partial charge in [0, 0.05) is 22.4 Å². The lowest BCUT2D eigenvalue weighted by Gasteiger charge is -2.26. The van der Waals surface area contributed by atoms with Gasteiger partial charge < -0.3 is 9.73 Å². The van der Waals surface area contributed by atoms with Gasteiger partial charge in [0.05, 0.1) is 6.04 Å². The molecule has 4 nitrogen and oxygen atoms in total. The molecule has 0 aliphatic carbocycles. The minimum atomic E-state index is -0.128. The van der Waals surface area contributed by atoms with Crippen molar-refractivity contribution < 1.29 is 9.21 Å². The van der Waals surface area contributed by atoms with Crippen LogP contribution in [0.5, 0.6) is 0 Å². The molecule has 3 aromatic rings. The monoisotopic (exact) mass is 368 g/mol. The van der Waals surface area contributed by atoms with Crippen molar-refractivity contribution in [2.75, 3.05) is 19.6 Å². The summed E-state index contributed by atoms with van der Waals surface area (Å²) in [6.45, 7) is 6.81. The molecule has 1 aromatic carbocycles. The average Bonchev–Trinajstić information content (AvgIpc) is 3.38. The van der Waals surface area contributed by atoms with Crippen LogP contribution in [-0.4, -0.2) is 30.4 Å². The minimum absolute atomic E-state index is 0.128. The van der Waals surface area contributed by atoms with Crippen LogP contribution in [-0.2, 0) is 0 Å². The SMILES string of the molecule is Cc1ccc2oc(C(=O)NC[C@H](c3cccs3)N3CCCC3)c(C)c2c1. The minimum Gasteiger partial charge on any atom is -0.451 e. The lowest BCUT2D eigenvalue weighted by Crippen LogP contribution is -2.36. The fourth-order valence-electron chi connectivity index (χ4n) is 3.76. The van der Waals surface area contributed by atoms with E-state index in [9.17, 15) is 4.79 Å². The Morgan fingerprint density at radius 3 is 2.81 bits per heavy atom. The Bertz CT molecular complexity index is 908. The van der Waals surface area contributed by atoms with Crippen molar-refractivity contribution in [3.63, 3.8) is 0 Å². The second-order valence-corrected chi connectivity index (χ2v) is 8.02. The number of thiophene rings is 1. The van der Waals surface area contributed by atoms with Crippen molar-refractivity contribution in [2.45, 2.75) is 32.7 Å². The van der Waals surface area contributed by atoms with Gasteiger partial charge >= 0.3 is 0 Å². The molecule has 1 atom stereocenters. The molecule has 2 aromatic heterocycles. The van der Waals surface area contributed by atoms with Crippen molar-refractivity contribution >= 4 is 28.2 Å². The highest BCUT2D eigenvalue weighted by Crippen LogP contribution is 2.29. The normalized spacial score (nSPS) is 16.2. The second-order valence-electron chi connectivity index (χ2n) is 7.04. The van der Waals surface area contributed by atoms with Gasteiger partial charge in [-0.05, 0) is 63.4 Å². The summed E-state index contributed by atoms with van der Waals surface area (Å²) in [7, 11) is 0. The molecule has 1 fully saturated rings. The summed E-state index contributed by atoms with van der Waals surface area (Å²) in [6, 6.07) is 10.5. The van der Waals surface area contributed by atoms with E-state index in [2.05, 4.69) is 33.8 Å². The third-order valence-corrected chi connectivity index (χ3v) is 6.18. The molecule has 1 N–H and O–H groups in total. The third-order valence-electron chi connectivity index (χ3n) is 5.21. The molecule has 26 heavy (non-hydrogen) atoms. The largest absolute Gasteiger partial charge is 0.451 e. The van der Waals surface area contributed by atoms with E-state index in [-0.39, 0.29) is 11.9 Å². The number of fused-ring (bicyclic) bond motifs is 1. The van der Waals surface area contributed by atoms with Crippen molar-refractivity contribution in [1.82, 2.24) is 10.2 Å². The summed E-state index contributed by atoms with van der Waals surface area (Å²) < 4.78 is 5.84. The van der Waals surface area contributed by atoms with E-state index in [1.165, 1.54) is 23.3 Å². The lowest BCUT2D eigenvalue weighted by molar-refractivity contribution is 0.0912. The van der Waals surface area contributed by atoms with E-state index >= 15 is 0 Å². The molecule has 0 radical (unpaired) electrons. The number of rotatable bonds is 5. The maximum Gasteiger partial charge on any atom is 0.287 e. The third kappa shape index (κ3) is 3.29. The topological polar surface area (TPSA) is 45.5 Å². The Labute approximate surface area is 157 Å².